The average molecular weight is 375 g/mol. The molecule has 0 radical (unpaired) electrons. The Morgan fingerprint density at radius 3 is 2.69 bits per heavy atom. The van der Waals surface area contributed by atoms with Crippen LogP contribution in [-0.4, -0.2) is 40.6 Å². The summed E-state index contributed by atoms with van der Waals surface area (Å²) in [5, 5.41) is 9.51. The van der Waals surface area contributed by atoms with Crippen LogP contribution in [0.2, 0.25) is 0 Å². The minimum Gasteiger partial charge on any atom is -0.318 e. The molecule has 0 spiro atoms. The van der Waals surface area contributed by atoms with Gasteiger partial charge in [-0.2, -0.15) is 4.31 Å². The maximum atomic E-state index is 12.7. The fourth-order valence-electron chi connectivity index (χ4n) is 3.32. The van der Waals surface area contributed by atoms with Crippen molar-refractivity contribution in [2.75, 3.05) is 13.1 Å². The van der Waals surface area contributed by atoms with Crippen LogP contribution in [0.25, 0.3) is 6.08 Å². The molecule has 0 N–H and O–H groups in total. The van der Waals surface area contributed by atoms with E-state index >= 15 is 0 Å². The molecule has 0 aliphatic carbocycles. The first-order valence-electron chi connectivity index (χ1n) is 9.18. The second kappa shape index (κ2) is 8.14. The van der Waals surface area contributed by atoms with E-state index in [0.29, 0.717) is 13.1 Å². The summed E-state index contributed by atoms with van der Waals surface area (Å²) in [6, 6.07) is 7.96. The third-order valence-corrected chi connectivity index (χ3v) is 6.45. The van der Waals surface area contributed by atoms with Crippen LogP contribution >= 0.6 is 0 Å². The first-order chi connectivity index (χ1) is 12.5. The number of aryl methyl sites for hydroxylation is 2. The summed E-state index contributed by atoms with van der Waals surface area (Å²) < 4.78 is 29.1. The van der Waals surface area contributed by atoms with Crippen LogP contribution in [0.15, 0.2) is 36.0 Å². The van der Waals surface area contributed by atoms with Crippen LogP contribution in [0, 0.1) is 0 Å². The Morgan fingerprint density at radius 2 is 2.00 bits per heavy atom. The molecule has 2 heterocycles. The zero-order valence-corrected chi connectivity index (χ0v) is 16.2. The number of rotatable bonds is 6. The smallest absolute Gasteiger partial charge is 0.236 e. The van der Waals surface area contributed by atoms with Crippen LogP contribution in [0.1, 0.15) is 49.6 Å². The lowest BCUT2D eigenvalue weighted by atomic mass is 9.99. The molecule has 1 aromatic heterocycles. The maximum absolute atomic E-state index is 12.7. The van der Waals surface area contributed by atoms with Crippen LogP contribution < -0.4 is 0 Å². The fourth-order valence-corrected chi connectivity index (χ4v) is 4.60. The van der Waals surface area contributed by atoms with Gasteiger partial charge in [-0.05, 0) is 43.4 Å². The Kier molecular flexibility index (Phi) is 5.88. The van der Waals surface area contributed by atoms with Gasteiger partial charge in [-0.1, -0.05) is 31.2 Å². The minimum atomic E-state index is -3.45. The summed E-state index contributed by atoms with van der Waals surface area (Å²) in [5.41, 5.74) is 2.13. The molecule has 0 bridgehead atoms. The highest BCUT2D eigenvalue weighted by Gasteiger charge is 2.30. The van der Waals surface area contributed by atoms with Crippen molar-refractivity contribution in [2.45, 2.75) is 45.6 Å². The normalized spacial score (nSPS) is 19.2. The van der Waals surface area contributed by atoms with Crippen molar-refractivity contribution in [3.63, 3.8) is 0 Å². The summed E-state index contributed by atoms with van der Waals surface area (Å²) in [7, 11) is -3.45. The molecule has 1 aromatic carbocycles. The van der Waals surface area contributed by atoms with Crippen LogP contribution in [-0.2, 0) is 23.0 Å². The Hall–Kier alpha value is -1.99. The number of aromatic nitrogens is 3. The van der Waals surface area contributed by atoms with Gasteiger partial charge in [0.2, 0.25) is 10.0 Å². The third kappa shape index (κ3) is 4.22. The number of hydrogen-bond donors (Lipinski definition) is 0. The second-order valence-electron chi connectivity index (χ2n) is 6.62. The van der Waals surface area contributed by atoms with E-state index in [0.717, 1.165) is 37.2 Å². The van der Waals surface area contributed by atoms with Crippen molar-refractivity contribution in [2.24, 2.45) is 0 Å². The number of sulfonamides is 1. The van der Waals surface area contributed by atoms with E-state index in [9.17, 15) is 8.42 Å². The Bertz CT molecular complexity index is 856. The van der Waals surface area contributed by atoms with Gasteiger partial charge in [0.1, 0.15) is 12.2 Å². The highest BCUT2D eigenvalue weighted by atomic mass is 32.2. The van der Waals surface area contributed by atoms with Crippen molar-refractivity contribution in [3.05, 3.63) is 53.0 Å². The Labute approximate surface area is 155 Å². The average Bonchev–Trinajstić information content (AvgIpc) is 3.16. The van der Waals surface area contributed by atoms with E-state index < -0.39 is 10.0 Å². The van der Waals surface area contributed by atoms with Crippen LogP contribution in [0.3, 0.4) is 0 Å². The van der Waals surface area contributed by atoms with Gasteiger partial charge in [-0.25, -0.2) is 8.42 Å². The van der Waals surface area contributed by atoms with E-state index in [1.807, 2.05) is 35.8 Å². The number of nitrogens with zero attached hydrogens (tertiary/aromatic N) is 4. The van der Waals surface area contributed by atoms with E-state index in [1.165, 1.54) is 11.0 Å². The standard InChI is InChI=1S/C19H26N4O2S/c1-3-16-7-9-17(10-8-16)11-13-26(24,25)23-12-5-6-18(14-23)19-21-20-15-22(19)4-2/h7-11,13,15,18H,3-6,12,14H2,1-2H3. The largest absolute Gasteiger partial charge is 0.318 e. The van der Waals surface area contributed by atoms with E-state index in [2.05, 4.69) is 17.1 Å². The van der Waals surface area contributed by atoms with Crippen LogP contribution in [0.4, 0.5) is 0 Å². The van der Waals surface area contributed by atoms with Gasteiger partial charge in [-0.3, -0.25) is 0 Å². The van der Waals surface area contributed by atoms with Gasteiger partial charge >= 0.3 is 0 Å². The van der Waals surface area contributed by atoms with Gasteiger partial charge in [0.25, 0.3) is 0 Å². The second-order valence-corrected chi connectivity index (χ2v) is 8.43. The quantitative estimate of drug-likeness (QED) is 0.779. The van der Waals surface area contributed by atoms with Gasteiger partial charge < -0.3 is 4.57 Å². The highest BCUT2D eigenvalue weighted by molar-refractivity contribution is 7.92. The number of benzene rings is 1. The molecule has 1 saturated heterocycles. The zero-order chi connectivity index (χ0) is 18.6. The summed E-state index contributed by atoms with van der Waals surface area (Å²) >= 11 is 0. The number of piperidine rings is 1. The molecule has 1 fully saturated rings. The molecule has 140 valence electrons. The number of hydrogen-bond acceptors (Lipinski definition) is 4. The first-order valence-corrected chi connectivity index (χ1v) is 10.7. The third-order valence-electron chi connectivity index (χ3n) is 4.92. The Balaban J connectivity index is 1.72. The first kappa shape index (κ1) is 18.8. The summed E-state index contributed by atoms with van der Waals surface area (Å²) in [5.74, 6) is 0.977. The summed E-state index contributed by atoms with van der Waals surface area (Å²) in [6.07, 6.45) is 6.13. The lowest BCUT2D eigenvalue weighted by Gasteiger charge is -2.30. The molecular weight excluding hydrogens is 348 g/mol. The molecule has 0 amide bonds. The molecule has 26 heavy (non-hydrogen) atoms. The molecule has 1 unspecified atom stereocenters. The SMILES string of the molecule is CCc1ccc(C=CS(=O)(=O)N2CCCC(c3nncn3CC)C2)cc1. The van der Waals surface area contributed by atoms with Gasteiger partial charge in [0.15, 0.2) is 0 Å². The minimum absolute atomic E-state index is 0.0956. The topological polar surface area (TPSA) is 68.1 Å². The molecule has 1 atom stereocenters. The maximum Gasteiger partial charge on any atom is 0.236 e. The molecule has 7 heteroatoms. The predicted molar refractivity (Wildman–Crippen MR) is 103 cm³/mol. The van der Waals surface area contributed by atoms with Crippen molar-refractivity contribution >= 4 is 16.1 Å². The van der Waals surface area contributed by atoms with Crippen molar-refractivity contribution < 1.29 is 8.42 Å². The van der Waals surface area contributed by atoms with Crippen molar-refractivity contribution in [1.29, 1.82) is 0 Å². The molecular formula is C19H26N4O2S. The van der Waals surface area contributed by atoms with Crippen molar-refractivity contribution in [3.8, 4) is 0 Å². The fraction of sp³-hybridized carbons (Fsp3) is 0.474. The highest BCUT2D eigenvalue weighted by Crippen LogP contribution is 2.27. The lowest BCUT2D eigenvalue weighted by Crippen LogP contribution is -2.38. The Morgan fingerprint density at radius 1 is 1.23 bits per heavy atom. The summed E-state index contributed by atoms with van der Waals surface area (Å²) in [4.78, 5) is 0. The van der Waals surface area contributed by atoms with Gasteiger partial charge in [-0.15, -0.1) is 10.2 Å². The monoisotopic (exact) mass is 374 g/mol. The predicted octanol–water partition coefficient (Wildman–Crippen LogP) is 3.04. The molecule has 0 saturated carbocycles. The van der Waals surface area contributed by atoms with Gasteiger partial charge in [0, 0.05) is 31.0 Å². The van der Waals surface area contributed by atoms with E-state index in [-0.39, 0.29) is 5.92 Å². The molecule has 3 rings (SSSR count). The molecule has 6 nitrogen and oxygen atoms in total. The lowest BCUT2D eigenvalue weighted by molar-refractivity contribution is 0.307. The van der Waals surface area contributed by atoms with Crippen molar-refractivity contribution in [1.82, 2.24) is 19.1 Å². The zero-order valence-electron chi connectivity index (χ0n) is 15.4. The van der Waals surface area contributed by atoms with E-state index in [4.69, 9.17) is 0 Å². The molecule has 1 aliphatic heterocycles. The van der Waals surface area contributed by atoms with E-state index in [1.54, 1.807) is 16.7 Å². The summed E-state index contributed by atoms with van der Waals surface area (Å²) in [6.45, 7) is 5.94. The van der Waals surface area contributed by atoms with Gasteiger partial charge in [0.05, 0.1) is 0 Å². The molecule has 1 aliphatic rings. The molecule has 2 aromatic rings. The van der Waals surface area contributed by atoms with Crippen LogP contribution in [0.5, 0.6) is 0 Å².